The number of hydrogen-bond acceptors (Lipinski definition) is 3. The third kappa shape index (κ3) is 1.92. The highest BCUT2D eigenvalue weighted by Gasteiger charge is 2.38. The number of carbonyl (C=O) groups excluding carboxylic acids is 1. The number of carboxylic acids is 1. The van der Waals surface area contributed by atoms with Gasteiger partial charge in [0.2, 0.25) is 0 Å². The summed E-state index contributed by atoms with van der Waals surface area (Å²) in [5, 5.41) is 9.22. The van der Waals surface area contributed by atoms with Gasteiger partial charge in [-0.2, -0.15) is 0 Å². The van der Waals surface area contributed by atoms with Crippen LogP contribution >= 0.6 is 0 Å². The Morgan fingerprint density at radius 1 is 1.50 bits per heavy atom. The zero-order chi connectivity index (χ0) is 13.3. The fraction of sp³-hybridized carbons (Fsp3) is 0.385. The molecule has 2 atom stereocenters. The molecule has 1 amide bonds. The van der Waals surface area contributed by atoms with E-state index in [1.807, 2.05) is 0 Å². The Balaban J connectivity index is 2.50. The van der Waals surface area contributed by atoms with E-state index in [1.54, 1.807) is 38.1 Å². The Morgan fingerprint density at radius 2 is 2.17 bits per heavy atom. The average Bonchev–Trinajstić information content (AvgIpc) is 2.34. The number of hydrogen-bond donors (Lipinski definition) is 1. The molecule has 1 aromatic carbocycles. The molecule has 18 heavy (non-hydrogen) atoms. The lowest BCUT2D eigenvalue weighted by Crippen LogP contribution is -2.52. The monoisotopic (exact) mass is 249 g/mol. The van der Waals surface area contributed by atoms with Gasteiger partial charge in [-0.15, -0.1) is 0 Å². The maximum atomic E-state index is 12.1. The van der Waals surface area contributed by atoms with Crippen LogP contribution in [0.25, 0.3) is 0 Å². The molecule has 1 aliphatic rings. The van der Waals surface area contributed by atoms with Crippen molar-refractivity contribution in [1.29, 1.82) is 0 Å². The van der Waals surface area contributed by atoms with Crippen molar-refractivity contribution in [2.45, 2.75) is 32.4 Å². The van der Waals surface area contributed by atoms with Crippen molar-refractivity contribution in [2.24, 2.45) is 0 Å². The van der Waals surface area contributed by atoms with Crippen LogP contribution in [0.2, 0.25) is 0 Å². The molecule has 0 saturated carbocycles. The van der Waals surface area contributed by atoms with Crippen molar-refractivity contribution in [2.75, 3.05) is 4.90 Å². The van der Waals surface area contributed by atoms with E-state index in [1.165, 1.54) is 4.90 Å². The number of benzene rings is 1. The lowest BCUT2D eigenvalue weighted by Gasteiger charge is -2.36. The number of carboxylic acid groups (broad SMARTS) is 1. The van der Waals surface area contributed by atoms with Crippen LogP contribution in [0.1, 0.15) is 20.3 Å². The highest BCUT2D eigenvalue weighted by molar-refractivity contribution is 6.04. The number of anilines is 1. The SMILES string of the molecule is CC[C@H](C(=O)O)N1C(=O)[C@@H](C)Oc2ccccc21. The highest BCUT2D eigenvalue weighted by Crippen LogP contribution is 2.35. The Morgan fingerprint density at radius 3 is 2.78 bits per heavy atom. The fourth-order valence-electron chi connectivity index (χ4n) is 2.10. The number of para-hydroxylation sites is 2. The summed E-state index contributed by atoms with van der Waals surface area (Å²) < 4.78 is 5.46. The number of carbonyl (C=O) groups is 2. The largest absolute Gasteiger partial charge is 0.480 e. The molecule has 5 nitrogen and oxygen atoms in total. The molecule has 0 saturated heterocycles. The van der Waals surface area contributed by atoms with Gasteiger partial charge in [-0.1, -0.05) is 19.1 Å². The number of nitrogens with zero attached hydrogens (tertiary/aromatic N) is 1. The molecule has 0 radical (unpaired) electrons. The van der Waals surface area contributed by atoms with Gasteiger partial charge >= 0.3 is 5.97 Å². The summed E-state index contributed by atoms with van der Waals surface area (Å²) in [7, 11) is 0. The zero-order valence-electron chi connectivity index (χ0n) is 10.3. The molecular weight excluding hydrogens is 234 g/mol. The summed E-state index contributed by atoms with van der Waals surface area (Å²) >= 11 is 0. The van der Waals surface area contributed by atoms with Crippen LogP contribution in [-0.4, -0.2) is 29.1 Å². The molecular formula is C13H15NO4. The van der Waals surface area contributed by atoms with Crippen LogP contribution in [-0.2, 0) is 9.59 Å². The van der Waals surface area contributed by atoms with Crippen molar-refractivity contribution < 1.29 is 19.4 Å². The molecule has 1 heterocycles. The molecule has 0 bridgehead atoms. The molecule has 0 aromatic heterocycles. The van der Waals surface area contributed by atoms with Gasteiger partial charge in [0, 0.05) is 0 Å². The highest BCUT2D eigenvalue weighted by atomic mass is 16.5. The van der Waals surface area contributed by atoms with Crippen molar-refractivity contribution in [3.8, 4) is 5.75 Å². The van der Waals surface area contributed by atoms with E-state index in [9.17, 15) is 14.7 Å². The van der Waals surface area contributed by atoms with Crippen molar-refractivity contribution >= 4 is 17.6 Å². The standard InChI is InChI=1S/C13H15NO4/c1-3-9(13(16)17)14-10-6-4-5-7-11(10)18-8(2)12(14)15/h4-9H,3H2,1-2H3,(H,16,17)/t8-,9-/m1/s1. The predicted molar refractivity (Wildman–Crippen MR) is 65.7 cm³/mol. The lowest BCUT2D eigenvalue weighted by molar-refractivity contribution is -0.141. The molecule has 0 unspecified atom stereocenters. The third-order valence-electron chi connectivity index (χ3n) is 3.00. The van der Waals surface area contributed by atoms with E-state index in [4.69, 9.17) is 4.74 Å². The third-order valence-corrected chi connectivity index (χ3v) is 3.00. The lowest BCUT2D eigenvalue weighted by atomic mass is 10.1. The van der Waals surface area contributed by atoms with Gasteiger partial charge in [-0.3, -0.25) is 9.69 Å². The summed E-state index contributed by atoms with van der Waals surface area (Å²) in [5.41, 5.74) is 0.523. The zero-order valence-corrected chi connectivity index (χ0v) is 10.3. The van der Waals surface area contributed by atoms with Crippen LogP contribution in [0.3, 0.4) is 0 Å². The van der Waals surface area contributed by atoms with Crippen LogP contribution in [0.15, 0.2) is 24.3 Å². The van der Waals surface area contributed by atoms with E-state index >= 15 is 0 Å². The first-order valence-electron chi connectivity index (χ1n) is 5.87. The number of ether oxygens (including phenoxy) is 1. The number of rotatable bonds is 3. The van der Waals surface area contributed by atoms with E-state index in [0.717, 1.165) is 0 Å². The van der Waals surface area contributed by atoms with E-state index in [0.29, 0.717) is 17.9 Å². The van der Waals surface area contributed by atoms with Gasteiger partial charge in [0.05, 0.1) is 5.69 Å². The van der Waals surface area contributed by atoms with Gasteiger partial charge in [0.25, 0.3) is 5.91 Å². The molecule has 0 fully saturated rings. The summed E-state index contributed by atoms with van der Waals surface area (Å²) in [6.07, 6.45) is -0.310. The first-order chi connectivity index (χ1) is 8.56. The van der Waals surface area contributed by atoms with E-state index < -0.39 is 18.1 Å². The van der Waals surface area contributed by atoms with Crippen molar-refractivity contribution in [3.05, 3.63) is 24.3 Å². The second-order valence-corrected chi connectivity index (χ2v) is 4.20. The second-order valence-electron chi connectivity index (χ2n) is 4.20. The number of aliphatic carboxylic acids is 1. The summed E-state index contributed by atoms with van der Waals surface area (Å²) in [6, 6.07) is 6.13. The van der Waals surface area contributed by atoms with E-state index in [2.05, 4.69) is 0 Å². The Hall–Kier alpha value is -2.04. The van der Waals surface area contributed by atoms with Gasteiger partial charge in [-0.05, 0) is 25.5 Å². The number of fused-ring (bicyclic) bond motifs is 1. The first-order valence-corrected chi connectivity index (χ1v) is 5.87. The molecule has 1 aliphatic heterocycles. The predicted octanol–water partition coefficient (Wildman–Crippen LogP) is 1.66. The van der Waals surface area contributed by atoms with Crippen LogP contribution in [0.5, 0.6) is 5.75 Å². The van der Waals surface area contributed by atoms with Crippen molar-refractivity contribution in [3.63, 3.8) is 0 Å². The quantitative estimate of drug-likeness (QED) is 0.884. The second kappa shape index (κ2) is 4.68. The first kappa shape index (κ1) is 12.4. The summed E-state index contributed by atoms with van der Waals surface area (Å²) in [4.78, 5) is 24.7. The fourth-order valence-corrected chi connectivity index (χ4v) is 2.10. The summed E-state index contributed by atoms with van der Waals surface area (Å²) in [5.74, 6) is -0.776. The number of amides is 1. The molecule has 0 spiro atoms. The van der Waals surface area contributed by atoms with E-state index in [-0.39, 0.29) is 5.91 Å². The molecule has 2 rings (SSSR count). The Bertz CT molecular complexity index is 486. The normalized spacial score (nSPS) is 20.0. The smallest absolute Gasteiger partial charge is 0.326 e. The maximum Gasteiger partial charge on any atom is 0.326 e. The molecule has 5 heteroatoms. The molecule has 96 valence electrons. The van der Waals surface area contributed by atoms with Gasteiger partial charge in [0.1, 0.15) is 11.8 Å². The molecule has 0 aliphatic carbocycles. The average molecular weight is 249 g/mol. The minimum Gasteiger partial charge on any atom is -0.480 e. The van der Waals surface area contributed by atoms with Crippen LogP contribution in [0, 0.1) is 0 Å². The molecule has 1 aromatic rings. The van der Waals surface area contributed by atoms with Crippen molar-refractivity contribution in [1.82, 2.24) is 0 Å². The Labute approximate surface area is 105 Å². The topological polar surface area (TPSA) is 66.8 Å². The van der Waals surface area contributed by atoms with Crippen LogP contribution < -0.4 is 9.64 Å². The van der Waals surface area contributed by atoms with Gasteiger partial charge < -0.3 is 9.84 Å². The molecule has 1 N–H and O–H groups in total. The summed E-state index contributed by atoms with van der Waals surface area (Å²) in [6.45, 7) is 3.37. The maximum absolute atomic E-state index is 12.1. The minimum absolute atomic E-state index is 0.317. The van der Waals surface area contributed by atoms with Gasteiger partial charge in [-0.25, -0.2) is 4.79 Å². The minimum atomic E-state index is -1.00. The Kier molecular flexibility index (Phi) is 3.23. The van der Waals surface area contributed by atoms with Gasteiger partial charge in [0.15, 0.2) is 6.10 Å². The van der Waals surface area contributed by atoms with Crippen LogP contribution in [0.4, 0.5) is 5.69 Å².